The standard InChI is InChI=1S/C26H24Cl2N2O2S/c1-15-11-16(2)13-17(12-15)30-33(31,32)18-9-10-24-21(14-18)19-5-3-6-20(19)26(29-24)25-22(27)7-4-8-23(25)28/h3-5,7-14,19-20,26,29-30H,6H2,1-2H3. The third-order valence-electron chi connectivity index (χ3n) is 6.43. The highest BCUT2D eigenvalue weighted by molar-refractivity contribution is 7.92. The summed E-state index contributed by atoms with van der Waals surface area (Å²) in [5, 5.41) is 4.85. The van der Waals surface area contributed by atoms with Gasteiger partial charge in [-0.25, -0.2) is 8.42 Å². The van der Waals surface area contributed by atoms with Crippen LogP contribution in [0.15, 0.2) is 71.6 Å². The summed E-state index contributed by atoms with van der Waals surface area (Å²) in [4.78, 5) is 0.246. The molecule has 3 aromatic rings. The van der Waals surface area contributed by atoms with E-state index in [1.54, 1.807) is 12.1 Å². The lowest BCUT2D eigenvalue weighted by atomic mass is 9.77. The van der Waals surface area contributed by atoms with Crippen molar-refractivity contribution in [1.29, 1.82) is 0 Å². The van der Waals surface area contributed by atoms with E-state index in [1.165, 1.54) is 0 Å². The highest BCUT2D eigenvalue weighted by atomic mass is 35.5. The third kappa shape index (κ3) is 4.14. The molecule has 3 aromatic carbocycles. The van der Waals surface area contributed by atoms with Crippen LogP contribution in [0.3, 0.4) is 0 Å². The zero-order valence-corrected chi connectivity index (χ0v) is 20.6. The number of halogens is 2. The van der Waals surface area contributed by atoms with E-state index >= 15 is 0 Å². The lowest BCUT2D eigenvalue weighted by Crippen LogP contribution is -2.29. The molecule has 5 rings (SSSR count). The molecule has 3 atom stereocenters. The maximum atomic E-state index is 13.2. The number of fused-ring (bicyclic) bond motifs is 3. The summed E-state index contributed by atoms with van der Waals surface area (Å²) in [6.45, 7) is 3.90. The average molecular weight is 499 g/mol. The summed E-state index contributed by atoms with van der Waals surface area (Å²) < 4.78 is 29.1. The van der Waals surface area contributed by atoms with Gasteiger partial charge in [-0.15, -0.1) is 0 Å². The van der Waals surface area contributed by atoms with Crippen molar-refractivity contribution < 1.29 is 8.42 Å². The van der Waals surface area contributed by atoms with E-state index < -0.39 is 10.0 Å². The van der Waals surface area contributed by atoms with Crippen LogP contribution in [0.2, 0.25) is 10.0 Å². The van der Waals surface area contributed by atoms with E-state index in [1.807, 2.05) is 56.3 Å². The first-order valence-corrected chi connectivity index (χ1v) is 13.1. The fraction of sp³-hybridized carbons (Fsp3) is 0.231. The van der Waals surface area contributed by atoms with Crippen molar-refractivity contribution in [2.45, 2.75) is 37.1 Å². The molecule has 1 aliphatic carbocycles. The Labute approximate surface area is 204 Å². The third-order valence-corrected chi connectivity index (χ3v) is 8.47. The van der Waals surface area contributed by atoms with Crippen molar-refractivity contribution in [3.8, 4) is 0 Å². The number of hydrogen-bond acceptors (Lipinski definition) is 3. The molecule has 7 heteroatoms. The van der Waals surface area contributed by atoms with Gasteiger partial charge in [-0.05, 0) is 85.3 Å². The second-order valence-corrected chi connectivity index (χ2v) is 11.3. The quantitative estimate of drug-likeness (QED) is 0.372. The van der Waals surface area contributed by atoms with E-state index in [0.29, 0.717) is 15.7 Å². The Morgan fingerprint density at radius 3 is 2.36 bits per heavy atom. The fourth-order valence-corrected chi connectivity index (χ4v) is 6.79. The molecule has 1 heterocycles. The van der Waals surface area contributed by atoms with E-state index in [9.17, 15) is 8.42 Å². The first-order valence-electron chi connectivity index (χ1n) is 10.8. The van der Waals surface area contributed by atoms with E-state index in [4.69, 9.17) is 23.2 Å². The molecule has 1 aliphatic heterocycles. The number of aryl methyl sites for hydroxylation is 2. The van der Waals surface area contributed by atoms with Gasteiger partial charge in [-0.3, -0.25) is 4.72 Å². The van der Waals surface area contributed by atoms with Gasteiger partial charge in [0, 0.05) is 32.9 Å². The van der Waals surface area contributed by atoms with Crippen molar-refractivity contribution in [1.82, 2.24) is 0 Å². The molecule has 0 spiro atoms. The van der Waals surface area contributed by atoms with Gasteiger partial charge in [0.25, 0.3) is 10.0 Å². The second-order valence-electron chi connectivity index (χ2n) is 8.84. The van der Waals surface area contributed by atoms with Gasteiger partial charge in [0.1, 0.15) is 0 Å². The highest BCUT2D eigenvalue weighted by Gasteiger charge is 2.40. The first kappa shape index (κ1) is 22.3. The molecular formula is C26H24Cl2N2O2S. The monoisotopic (exact) mass is 498 g/mol. The van der Waals surface area contributed by atoms with Crippen LogP contribution in [-0.2, 0) is 10.0 Å². The summed E-state index contributed by atoms with van der Waals surface area (Å²) in [6.07, 6.45) is 5.18. The van der Waals surface area contributed by atoms with E-state index in [2.05, 4.69) is 22.2 Å². The second kappa shape index (κ2) is 8.39. The van der Waals surface area contributed by atoms with Crippen molar-refractivity contribution >= 4 is 44.6 Å². The summed E-state index contributed by atoms with van der Waals surface area (Å²) in [6, 6.07) is 16.4. The number of sulfonamides is 1. The van der Waals surface area contributed by atoms with Gasteiger partial charge in [-0.1, -0.05) is 47.5 Å². The topological polar surface area (TPSA) is 58.2 Å². The lowest BCUT2D eigenvalue weighted by Gasteiger charge is -2.38. The molecule has 0 saturated heterocycles. The maximum absolute atomic E-state index is 13.2. The normalized spacial score (nSPS) is 21.3. The Bertz CT molecular complexity index is 1340. The Morgan fingerprint density at radius 2 is 1.67 bits per heavy atom. The minimum atomic E-state index is -3.73. The molecule has 4 nitrogen and oxygen atoms in total. The van der Waals surface area contributed by atoms with Crippen molar-refractivity contribution in [3.05, 3.63) is 99.0 Å². The maximum Gasteiger partial charge on any atom is 0.261 e. The number of allylic oxidation sites excluding steroid dienone is 2. The Morgan fingerprint density at radius 1 is 0.970 bits per heavy atom. The van der Waals surface area contributed by atoms with Gasteiger partial charge in [0.05, 0.1) is 10.9 Å². The van der Waals surface area contributed by atoms with Gasteiger partial charge < -0.3 is 5.32 Å². The largest absolute Gasteiger partial charge is 0.378 e. The zero-order valence-electron chi connectivity index (χ0n) is 18.3. The molecule has 33 heavy (non-hydrogen) atoms. The molecule has 0 radical (unpaired) electrons. The van der Waals surface area contributed by atoms with Crippen LogP contribution < -0.4 is 10.0 Å². The van der Waals surface area contributed by atoms with Crippen LogP contribution in [0, 0.1) is 19.8 Å². The predicted molar refractivity (Wildman–Crippen MR) is 136 cm³/mol. The zero-order chi connectivity index (χ0) is 23.3. The number of anilines is 2. The SMILES string of the molecule is Cc1cc(C)cc(NS(=O)(=O)c2ccc3c(c2)C2C=CCC2C(c2c(Cl)cccc2Cl)N3)c1. The summed E-state index contributed by atoms with van der Waals surface area (Å²) in [5.74, 6) is 0.273. The molecule has 0 aromatic heterocycles. The Hall–Kier alpha value is -2.47. The molecule has 2 aliphatic rings. The van der Waals surface area contributed by atoms with Crippen LogP contribution in [-0.4, -0.2) is 8.42 Å². The van der Waals surface area contributed by atoms with Crippen LogP contribution >= 0.6 is 23.2 Å². The van der Waals surface area contributed by atoms with Crippen LogP contribution in [0.25, 0.3) is 0 Å². The van der Waals surface area contributed by atoms with Crippen LogP contribution in [0.4, 0.5) is 11.4 Å². The lowest BCUT2D eigenvalue weighted by molar-refractivity contribution is 0.425. The van der Waals surface area contributed by atoms with Gasteiger partial charge in [-0.2, -0.15) is 0 Å². The van der Waals surface area contributed by atoms with E-state index in [0.717, 1.165) is 34.4 Å². The number of benzene rings is 3. The average Bonchev–Trinajstić information content (AvgIpc) is 3.22. The molecule has 0 amide bonds. The number of nitrogens with one attached hydrogen (secondary N) is 2. The minimum absolute atomic E-state index is 0.0606. The summed E-state index contributed by atoms with van der Waals surface area (Å²) in [5.41, 5.74) is 5.33. The van der Waals surface area contributed by atoms with E-state index in [-0.39, 0.29) is 22.8 Å². The van der Waals surface area contributed by atoms with Crippen molar-refractivity contribution in [2.75, 3.05) is 10.0 Å². The van der Waals surface area contributed by atoms with Crippen LogP contribution in [0.5, 0.6) is 0 Å². The van der Waals surface area contributed by atoms with Gasteiger partial charge >= 0.3 is 0 Å². The molecule has 170 valence electrons. The summed E-state index contributed by atoms with van der Waals surface area (Å²) >= 11 is 13.1. The molecule has 3 unspecified atom stereocenters. The minimum Gasteiger partial charge on any atom is -0.378 e. The van der Waals surface area contributed by atoms with Crippen LogP contribution in [0.1, 0.15) is 40.6 Å². The molecule has 0 fully saturated rings. The van der Waals surface area contributed by atoms with Crippen molar-refractivity contribution in [2.24, 2.45) is 5.92 Å². The van der Waals surface area contributed by atoms with Gasteiger partial charge in [0.15, 0.2) is 0 Å². The Balaban J connectivity index is 1.52. The fourth-order valence-electron chi connectivity index (χ4n) is 5.08. The first-order chi connectivity index (χ1) is 15.7. The molecular weight excluding hydrogens is 475 g/mol. The molecule has 0 bridgehead atoms. The van der Waals surface area contributed by atoms with Gasteiger partial charge in [0.2, 0.25) is 0 Å². The number of rotatable bonds is 4. The Kier molecular flexibility index (Phi) is 5.68. The van der Waals surface area contributed by atoms with Crippen molar-refractivity contribution in [3.63, 3.8) is 0 Å². The molecule has 0 saturated carbocycles. The smallest absolute Gasteiger partial charge is 0.261 e. The summed E-state index contributed by atoms with van der Waals surface area (Å²) in [7, 11) is -3.73. The predicted octanol–water partition coefficient (Wildman–Crippen LogP) is 7.24. The molecule has 2 N–H and O–H groups in total. The number of hydrogen-bond donors (Lipinski definition) is 2. The highest BCUT2D eigenvalue weighted by Crippen LogP contribution is 2.52.